The lowest BCUT2D eigenvalue weighted by Gasteiger charge is -2.44. The van der Waals surface area contributed by atoms with Crippen LogP contribution in [0, 0.1) is 16.0 Å². The van der Waals surface area contributed by atoms with Crippen LogP contribution in [0.1, 0.15) is 42.5 Å². The van der Waals surface area contributed by atoms with Gasteiger partial charge in [0.05, 0.1) is 9.82 Å². The fourth-order valence-corrected chi connectivity index (χ4v) is 6.43. The van der Waals surface area contributed by atoms with E-state index >= 15 is 0 Å². The Morgan fingerprint density at radius 2 is 1.75 bits per heavy atom. The molecule has 2 atom stereocenters. The van der Waals surface area contributed by atoms with E-state index < -0.39 is 14.9 Å². The summed E-state index contributed by atoms with van der Waals surface area (Å²) in [6.07, 6.45) is 4.36. The van der Waals surface area contributed by atoms with Gasteiger partial charge in [0.2, 0.25) is 10.0 Å². The van der Waals surface area contributed by atoms with Crippen LogP contribution in [-0.4, -0.2) is 54.1 Å². The Bertz CT molecular complexity index is 1090. The topological polar surface area (TPSA) is 101 Å². The van der Waals surface area contributed by atoms with Crippen LogP contribution < -0.4 is 0 Å². The van der Waals surface area contributed by atoms with Crippen molar-refractivity contribution in [2.24, 2.45) is 5.92 Å². The Labute approximate surface area is 188 Å². The number of hydrogen-bond acceptors (Lipinski definition) is 5. The van der Waals surface area contributed by atoms with Crippen LogP contribution >= 0.6 is 0 Å². The first-order valence-electron chi connectivity index (χ1n) is 11.0. The fraction of sp³-hybridized carbons (Fsp3) is 0.435. The van der Waals surface area contributed by atoms with Gasteiger partial charge in [-0.25, -0.2) is 8.42 Å². The molecular weight excluding hydrogens is 430 g/mol. The molecule has 4 rings (SSSR count). The molecule has 8 nitrogen and oxygen atoms in total. The predicted molar refractivity (Wildman–Crippen MR) is 120 cm³/mol. The summed E-state index contributed by atoms with van der Waals surface area (Å²) < 4.78 is 27.9. The number of nitro groups is 1. The maximum atomic E-state index is 13.3. The molecule has 2 fully saturated rings. The Balaban J connectivity index is 1.55. The Morgan fingerprint density at radius 1 is 0.969 bits per heavy atom. The van der Waals surface area contributed by atoms with E-state index in [0.717, 1.165) is 31.7 Å². The monoisotopic (exact) mass is 457 g/mol. The smallest absolute Gasteiger partial charge is 0.270 e. The van der Waals surface area contributed by atoms with Gasteiger partial charge in [-0.1, -0.05) is 24.3 Å². The van der Waals surface area contributed by atoms with E-state index in [4.69, 9.17) is 0 Å². The highest BCUT2D eigenvalue weighted by molar-refractivity contribution is 7.89. The Hall–Kier alpha value is -2.78. The number of carbonyl (C=O) groups is 1. The lowest BCUT2D eigenvalue weighted by Crippen LogP contribution is -2.52. The summed E-state index contributed by atoms with van der Waals surface area (Å²) in [5, 5.41) is 11.1. The molecule has 0 aliphatic carbocycles. The lowest BCUT2D eigenvalue weighted by atomic mass is 9.85. The minimum atomic E-state index is -3.85. The van der Waals surface area contributed by atoms with Crippen LogP contribution in [0.15, 0.2) is 59.5 Å². The van der Waals surface area contributed by atoms with Crippen molar-refractivity contribution in [3.05, 3.63) is 70.3 Å². The number of likely N-dealkylation sites (tertiary alicyclic amines) is 1. The number of amides is 1. The second-order valence-corrected chi connectivity index (χ2v) is 10.4. The number of rotatable bonds is 5. The van der Waals surface area contributed by atoms with E-state index in [1.54, 1.807) is 0 Å². The average Bonchev–Trinajstić information content (AvgIpc) is 2.84. The Kier molecular flexibility index (Phi) is 6.57. The number of carbonyl (C=O) groups excluding carboxylic acids is 1. The van der Waals surface area contributed by atoms with Crippen molar-refractivity contribution in [1.29, 1.82) is 0 Å². The highest BCUT2D eigenvalue weighted by Crippen LogP contribution is 2.33. The predicted octanol–water partition coefficient (Wildman–Crippen LogP) is 3.69. The number of sulfonamides is 1. The summed E-state index contributed by atoms with van der Waals surface area (Å²) in [6, 6.07) is 14.4. The van der Waals surface area contributed by atoms with Gasteiger partial charge in [0, 0.05) is 43.4 Å². The standard InChI is InChI=1S/C23H27N3O5S/c27-23(18-8-2-1-3-9-18)25-15-5-4-13-22(25)19-10-7-14-24(17-19)32(30,31)21-12-6-11-20(16-21)26(28)29/h1-3,6,8-9,11-12,16,19,22H,4-5,7,10,13-15,17H2/t19-,22-/m1/s1. The zero-order chi connectivity index (χ0) is 22.7. The van der Waals surface area contributed by atoms with Gasteiger partial charge in [-0.15, -0.1) is 0 Å². The fourth-order valence-electron chi connectivity index (χ4n) is 4.86. The molecule has 0 radical (unpaired) electrons. The molecule has 32 heavy (non-hydrogen) atoms. The second kappa shape index (κ2) is 9.38. The van der Waals surface area contributed by atoms with E-state index in [0.29, 0.717) is 31.6 Å². The first kappa shape index (κ1) is 22.4. The van der Waals surface area contributed by atoms with Gasteiger partial charge in [0.15, 0.2) is 0 Å². The largest absolute Gasteiger partial charge is 0.335 e. The molecule has 2 aromatic rings. The van der Waals surface area contributed by atoms with Gasteiger partial charge in [-0.2, -0.15) is 4.31 Å². The molecule has 170 valence electrons. The molecule has 0 spiro atoms. The van der Waals surface area contributed by atoms with Crippen molar-refractivity contribution >= 4 is 21.6 Å². The van der Waals surface area contributed by atoms with Crippen molar-refractivity contribution in [3.8, 4) is 0 Å². The second-order valence-electron chi connectivity index (χ2n) is 8.45. The zero-order valence-electron chi connectivity index (χ0n) is 17.8. The SMILES string of the molecule is O=C(c1ccccc1)N1CCCC[C@@H]1[C@@H]1CCCN(S(=O)(=O)c2cccc([N+](=O)[O-])c2)C1. The van der Waals surface area contributed by atoms with Gasteiger partial charge in [-0.3, -0.25) is 14.9 Å². The van der Waals surface area contributed by atoms with Crippen molar-refractivity contribution in [3.63, 3.8) is 0 Å². The minimum absolute atomic E-state index is 0.00559. The third-order valence-corrected chi connectivity index (χ3v) is 8.32. The van der Waals surface area contributed by atoms with Gasteiger partial charge < -0.3 is 4.90 Å². The normalized spacial score (nSPS) is 22.4. The molecule has 0 aromatic heterocycles. The molecule has 1 amide bonds. The van der Waals surface area contributed by atoms with Crippen LogP contribution in [0.2, 0.25) is 0 Å². The van der Waals surface area contributed by atoms with E-state index in [1.165, 1.54) is 22.5 Å². The first-order valence-corrected chi connectivity index (χ1v) is 12.4. The van der Waals surface area contributed by atoms with Gasteiger partial charge in [0.25, 0.3) is 11.6 Å². The van der Waals surface area contributed by atoms with Gasteiger partial charge >= 0.3 is 0 Å². The molecule has 2 heterocycles. The molecule has 2 aliphatic heterocycles. The maximum absolute atomic E-state index is 13.3. The number of nitrogens with zero attached hydrogens (tertiary/aromatic N) is 3. The summed E-state index contributed by atoms with van der Waals surface area (Å²) >= 11 is 0. The van der Waals surface area contributed by atoms with Crippen LogP contribution in [-0.2, 0) is 10.0 Å². The van der Waals surface area contributed by atoms with Crippen molar-refractivity contribution < 1.29 is 18.1 Å². The molecule has 9 heteroatoms. The van der Waals surface area contributed by atoms with Gasteiger partial charge in [0.1, 0.15) is 0 Å². The van der Waals surface area contributed by atoms with Crippen LogP contribution in [0.4, 0.5) is 5.69 Å². The highest BCUT2D eigenvalue weighted by Gasteiger charge is 2.38. The minimum Gasteiger partial charge on any atom is -0.335 e. The maximum Gasteiger partial charge on any atom is 0.270 e. The molecular formula is C23H27N3O5S. The number of nitro benzene ring substituents is 1. The molecule has 2 aliphatic rings. The van der Waals surface area contributed by atoms with Crippen LogP contribution in [0.25, 0.3) is 0 Å². The van der Waals surface area contributed by atoms with E-state index in [2.05, 4.69) is 0 Å². The molecule has 0 N–H and O–H groups in total. The quantitative estimate of drug-likeness (QED) is 0.503. The third kappa shape index (κ3) is 4.54. The number of hydrogen-bond donors (Lipinski definition) is 0. The summed E-state index contributed by atoms with van der Waals surface area (Å²) in [7, 11) is -3.85. The van der Waals surface area contributed by atoms with Gasteiger partial charge in [-0.05, 0) is 56.2 Å². The number of benzene rings is 2. The molecule has 0 saturated carbocycles. The van der Waals surface area contributed by atoms with E-state index in [-0.39, 0.29) is 28.4 Å². The summed E-state index contributed by atoms with van der Waals surface area (Å²) in [5.41, 5.74) is 0.405. The summed E-state index contributed by atoms with van der Waals surface area (Å²) in [4.78, 5) is 25.5. The van der Waals surface area contributed by atoms with Crippen LogP contribution in [0.3, 0.4) is 0 Å². The van der Waals surface area contributed by atoms with E-state index in [1.807, 2.05) is 35.2 Å². The highest BCUT2D eigenvalue weighted by atomic mass is 32.2. The molecule has 0 bridgehead atoms. The van der Waals surface area contributed by atoms with Crippen molar-refractivity contribution in [1.82, 2.24) is 9.21 Å². The molecule has 2 saturated heterocycles. The van der Waals surface area contributed by atoms with E-state index in [9.17, 15) is 23.3 Å². The average molecular weight is 458 g/mol. The van der Waals surface area contributed by atoms with Crippen LogP contribution in [0.5, 0.6) is 0 Å². The lowest BCUT2D eigenvalue weighted by molar-refractivity contribution is -0.385. The molecule has 0 unspecified atom stereocenters. The Morgan fingerprint density at radius 3 is 2.50 bits per heavy atom. The summed E-state index contributed by atoms with van der Waals surface area (Å²) in [5.74, 6) is 0.0270. The summed E-state index contributed by atoms with van der Waals surface area (Å²) in [6.45, 7) is 1.36. The first-order chi connectivity index (χ1) is 15.4. The molecule has 2 aromatic carbocycles. The number of piperidine rings is 2. The third-order valence-electron chi connectivity index (χ3n) is 6.46. The van der Waals surface area contributed by atoms with Crippen molar-refractivity contribution in [2.45, 2.75) is 43.0 Å². The number of non-ortho nitro benzene ring substituents is 1. The zero-order valence-corrected chi connectivity index (χ0v) is 18.6. The van der Waals surface area contributed by atoms with Crippen molar-refractivity contribution in [2.75, 3.05) is 19.6 Å².